The van der Waals surface area contributed by atoms with Gasteiger partial charge >= 0.3 is 5.97 Å². The number of anilines is 1. The maximum absolute atomic E-state index is 13.6. The minimum absolute atomic E-state index is 0.00123. The zero-order chi connectivity index (χ0) is 14.7. The Bertz CT molecular complexity index is 651. The first-order valence-electron chi connectivity index (χ1n) is 5.45. The molecule has 2 rings (SSSR count). The molecule has 1 heterocycles. The molecule has 0 radical (unpaired) electrons. The van der Waals surface area contributed by atoms with Gasteiger partial charge in [-0.15, -0.1) is 11.3 Å². The predicted molar refractivity (Wildman–Crippen MR) is 75.0 cm³/mol. The Morgan fingerprint density at radius 3 is 2.75 bits per heavy atom. The van der Waals surface area contributed by atoms with Crippen LogP contribution in [0.15, 0.2) is 29.6 Å². The molecular weight excluding hydrogens is 305 g/mol. The van der Waals surface area contributed by atoms with Gasteiger partial charge in [0.1, 0.15) is 10.8 Å². The number of carbonyl (C=O) groups excluding carboxylic acids is 2. The topological polar surface area (TPSA) is 55.4 Å². The van der Waals surface area contributed by atoms with Gasteiger partial charge in [-0.1, -0.05) is 17.7 Å². The second-order valence-electron chi connectivity index (χ2n) is 3.71. The van der Waals surface area contributed by atoms with Crippen LogP contribution in [-0.4, -0.2) is 19.0 Å². The molecule has 20 heavy (non-hydrogen) atoms. The van der Waals surface area contributed by atoms with E-state index in [2.05, 4.69) is 10.1 Å². The van der Waals surface area contributed by atoms with Gasteiger partial charge in [0, 0.05) is 0 Å². The molecule has 0 unspecified atom stereocenters. The van der Waals surface area contributed by atoms with Crippen molar-refractivity contribution in [2.75, 3.05) is 12.4 Å². The SMILES string of the molecule is COC(=O)c1ccsc1NC(=O)c1c(F)cccc1Cl. The molecule has 0 saturated carbocycles. The number of rotatable bonds is 3. The number of hydrogen-bond acceptors (Lipinski definition) is 4. The standard InChI is InChI=1S/C13H9ClFNO3S/c1-19-13(18)7-5-6-20-12(7)16-11(17)10-8(14)3-2-4-9(10)15/h2-6H,1H3,(H,16,17). The van der Waals surface area contributed by atoms with Gasteiger partial charge in [0.15, 0.2) is 0 Å². The third kappa shape index (κ3) is 2.81. The number of methoxy groups -OCH3 is 1. The predicted octanol–water partition coefficient (Wildman–Crippen LogP) is 3.58. The molecule has 1 N–H and O–H groups in total. The van der Waals surface area contributed by atoms with Crippen LogP contribution < -0.4 is 5.32 Å². The zero-order valence-corrected chi connectivity index (χ0v) is 11.8. The highest BCUT2D eigenvalue weighted by molar-refractivity contribution is 7.14. The maximum atomic E-state index is 13.6. The summed E-state index contributed by atoms with van der Waals surface area (Å²) in [6.07, 6.45) is 0. The normalized spacial score (nSPS) is 10.2. The third-order valence-corrected chi connectivity index (χ3v) is 3.63. The number of benzene rings is 1. The van der Waals surface area contributed by atoms with Crippen molar-refractivity contribution in [1.29, 1.82) is 0 Å². The van der Waals surface area contributed by atoms with E-state index in [1.807, 2.05) is 0 Å². The van der Waals surface area contributed by atoms with Crippen molar-refractivity contribution in [1.82, 2.24) is 0 Å². The Morgan fingerprint density at radius 2 is 2.10 bits per heavy atom. The van der Waals surface area contributed by atoms with E-state index >= 15 is 0 Å². The molecule has 0 aliphatic carbocycles. The Balaban J connectivity index is 2.29. The summed E-state index contributed by atoms with van der Waals surface area (Å²) in [6.45, 7) is 0. The summed E-state index contributed by atoms with van der Waals surface area (Å²) in [7, 11) is 1.24. The zero-order valence-electron chi connectivity index (χ0n) is 10.3. The fourth-order valence-corrected chi connectivity index (χ4v) is 2.58. The van der Waals surface area contributed by atoms with Crippen LogP contribution in [0.25, 0.3) is 0 Å². The highest BCUT2D eigenvalue weighted by Gasteiger charge is 2.20. The lowest BCUT2D eigenvalue weighted by atomic mass is 10.2. The summed E-state index contributed by atoms with van der Waals surface area (Å²) in [5.74, 6) is -2.03. The number of thiophene rings is 1. The lowest BCUT2D eigenvalue weighted by Crippen LogP contribution is -2.15. The van der Waals surface area contributed by atoms with Crippen molar-refractivity contribution in [2.45, 2.75) is 0 Å². The van der Waals surface area contributed by atoms with Crippen LogP contribution in [0.3, 0.4) is 0 Å². The molecule has 1 aromatic heterocycles. The number of halogens is 2. The van der Waals surface area contributed by atoms with Crippen LogP contribution in [0.2, 0.25) is 5.02 Å². The van der Waals surface area contributed by atoms with Crippen molar-refractivity contribution >= 4 is 39.8 Å². The summed E-state index contributed by atoms with van der Waals surface area (Å²) in [4.78, 5) is 23.5. The average Bonchev–Trinajstić information content (AvgIpc) is 2.85. The minimum atomic E-state index is -0.730. The number of amides is 1. The van der Waals surface area contributed by atoms with E-state index in [-0.39, 0.29) is 21.2 Å². The number of ether oxygens (including phenoxy) is 1. The first kappa shape index (κ1) is 14.5. The van der Waals surface area contributed by atoms with E-state index in [1.165, 1.54) is 25.3 Å². The summed E-state index contributed by atoms with van der Waals surface area (Å²) in [5, 5.41) is 4.35. The summed E-state index contributed by atoms with van der Waals surface area (Å²) in [5.41, 5.74) is -0.0586. The van der Waals surface area contributed by atoms with Crippen molar-refractivity contribution in [3.05, 3.63) is 51.6 Å². The second-order valence-corrected chi connectivity index (χ2v) is 5.03. The molecule has 1 amide bonds. The molecule has 0 aliphatic rings. The fourth-order valence-electron chi connectivity index (χ4n) is 1.56. The van der Waals surface area contributed by atoms with E-state index in [1.54, 1.807) is 5.38 Å². The van der Waals surface area contributed by atoms with Gasteiger partial charge in [-0.05, 0) is 23.6 Å². The lowest BCUT2D eigenvalue weighted by molar-refractivity contribution is 0.0602. The van der Waals surface area contributed by atoms with Crippen molar-refractivity contribution < 1.29 is 18.7 Å². The van der Waals surface area contributed by atoms with Crippen LogP contribution in [0.4, 0.5) is 9.39 Å². The molecule has 0 spiro atoms. The van der Waals surface area contributed by atoms with Gasteiger partial charge < -0.3 is 10.1 Å². The number of nitrogens with one attached hydrogen (secondary N) is 1. The maximum Gasteiger partial charge on any atom is 0.340 e. The van der Waals surface area contributed by atoms with E-state index in [0.717, 1.165) is 17.4 Å². The number of carbonyl (C=O) groups is 2. The Kier molecular flexibility index (Phi) is 4.36. The smallest absolute Gasteiger partial charge is 0.340 e. The van der Waals surface area contributed by atoms with Crippen LogP contribution in [-0.2, 0) is 4.74 Å². The van der Waals surface area contributed by atoms with Crippen molar-refractivity contribution in [2.24, 2.45) is 0 Å². The molecule has 4 nitrogen and oxygen atoms in total. The highest BCUT2D eigenvalue weighted by Crippen LogP contribution is 2.26. The Labute approximate surface area is 123 Å². The van der Waals surface area contributed by atoms with E-state index in [0.29, 0.717) is 0 Å². The summed E-state index contributed by atoms with van der Waals surface area (Å²) in [6, 6.07) is 5.46. The fraction of sp³-hybridized carbons (Fsp3) is 0.0769. The van der Waals surface area contributed by atoms with E-state index in [9.17, 15) is 14.0 Å². The monoisotopic (exact) mass is 313 g/mol. The molecule has 0 saturated heterocycles. The van der Waals surface area contributed by atoms with Gasteiger partial charge in [-0.3, -0.25) is 4.79 Å². The molecular formula is C13H9ClFNO3S. The molecule has 0 aliphatic heterocycles. The van der Waals surface area contributed by atoms with Crippen LogP contribution in [0.1, 0.15) is 20.7 Å². The average molecular weight is 314 g/mol. The number of hydrogen-bond donors (Lipinski definition) is 1. The lowest BCUT2D eigenvalue weighted by Gasteiger charge is -2.07. The molecule has 0 bridgehead atoms. The third-order valence-electron chi connectivity index (χ3n) is 2.49. The molecule has 104 valence electrons. The largest absolute Gasteiger partial charge is 0.465 e. The van der Waals surface area contributed by atoms with Gasteiger partial charge in [0.2, 0.25) is 0 Å². The van der Waals surface area contributed by atoms with Gasteiger partial charge in [0.25, 0.3) is 5.91 Å². The summed E-state index contributed by atoms with van der Waals surface area (Å²) >= 11 is 6.93. The molecule has 0 atom stereocenters. The van der Waals surface area contributed by atoms with Gasteiger partial charge in [-0.2, -0.15) is 0 Å². The van der Waals surface area contributed by atoms with Crippen LogP contribution >= 0.6 is 22.9 Å². The first-order valence-corrected chi connectivity index (χ1v) is 6.71. The van der Waals surface area contributed by atoms with Crippen LogP contribution in [0, 0.1) is 5.82 Å². The molecule has 1 aromatic carbocycles. The second kappa shape index (κ2) is 6.02. The molecule has 7 heteroatoms. The Morgan fingerprint density at radius 1 is 1.35 bits per heavy atom. The summed E-state index contributed by atoms with van der Waals surface area (Å²) < 4.78 is 18.2. The van der Waals surface area contributed by atoms with Gasteiger partial charge in [-0.25, -0.2) is 9.18 Å². The van der Waals surface area contributed by atoms with Crippen LogP contribution in [0.5, 0.6) is 0 Å². The van der Waals surface area contributed by atoms with E-state index in [4.69, 9.17) is 11.6 Å². The quantitative estimate of drug-likeness (QED) is 0.881. The molecule has 2 aromatic rings. The van der Waals surface area contributed by atoms with Crippen molar-refractivity contribution in [3.8, 4) is 0 Å². The van der Waals surface area contributed by atoms with Crippen molar-refractivity contribution in [3.63, 3.8) is 0 Å². The Hall–Kier alpha value is -1.92. The minimum Gasteiger partial charge on any atom is -0.465 e. The van der Waals surface area contributed by atoms with E-state index < -0.39 is 17.7 Å². The highest BCUT2D eigenvalue weighted by atomic mass is 35.5. The first-order chi connectivity index (χ1) is 9.54. The molecule has 0 fully saturated rings. The number of esters is 1. The van der Waals surface area contributed by atoms with Gasteiger partial charge in [0.05, 0.1) is 23.3 Å².